The van der Waals surface area contributed by atoms with Crippen LogP contribution < -0.4 is 5.32 Å². The summed E-state index contributed by atoms with van der Waals surface area (Å²) in [7, 11) is 1.78. The number of halogens is 3. The molecular weight excluding hydrogens is 300 g/mol. The number of rotatable bonds is 3. The standard InChI is InChI=1S/C14H12BrF2N/c1-18-14(9-3-2-4-11(15)7-9)10-5-6-12(16)13(17)8-10/h2-8,14,18H,1H3. The van der Waals surface area contributed by atoms with Crippen molar-refractivity contribution in [3.8, 4) is 0 Å². The molecule has 1 N–H and O–H groups in total. The second-order valence-corrected chi connectivity index (χ2v) is 4.87. The van der Waals surface area contributed by atoms with Crippen molar-refractivity contribution < 1.29 is 8.78 Å². The Bertz CT molecular complexity index is 557. The fourth-order valence-corrected chi connectivity index (χ4v) is 2.32. The summed E-state index contributed by atoms with van der Waals surface area (Å²) >= 11 is 3.40. The number of hydrogen-bond acceptors (Lipinski definition) is 1. The smallest absolute Gasteiger partial charge is 0.159 e. The van der Waals surface area contributed by atoms with Gasteiger partial charge in [0.2, 0.25) is 0 Å². The summed E-state index contributed by atoms with van der Waals surface area (Å²) in [4.78, 5) is 0. The molecule has 0 saturated heterocycles. The zero-order valence-corrected chi connectivity index (χ0v) is 11.3. The van der Waals surface area contributed by atoms with Gasteiger partial charge < -0.3 is 5.32 Å². The second-order valence-electron chi connectivity index (χ2n) is 3.95. The van der Waals surface area contributed by atoms with E-state index in [4.69, 9.17) is 0 Å². The third kappa shape index (κ3) is 2.76. The maximum atomic E-state index is 13.3. The van der Waals surface area contributed by atoms with Crippen LogP contribution in [-0.4, -0.2) is 7.05 Å². The van der Waals surface area contributed by atoms with Crippen molar-refractivity contribution in [1.82, 2.24) is 5.32 Å². The van der Waals surface area contributed by atoms with E-state index in [1.165, 1.54) is 6.07 Å². The van der Waals surface area contributed by atoms with Gasteiger partial charge >= 0.3 is 0 Å². The summed E-state index contributed by atoms with van der Waals surface area (Å²) in [5.74, 6) is -1.66. The molecule has 1 atom stereocenters. The first-order chi connectivity index (χ1) is 8.61. The Hall–Kier alpha value is -1.26. The van der Waals surface area contributed by atoms with E-state index in [1.807, 2.05) is 24.3 Å². The van der Waals surface area contributed by atoms with Gasteiger partial charge in [0.05, 0.1) is 6.04 Å². The molecule has 0 aromatic heterocycles. The minimum absolute atomic E-state index is 0.169. The topological polar surface area (TPSA) is 12.0 Å². The van der Waals surface area contributed by atoms with Gasteiger partial charge in [-0.1, -0.05) is 34.1 Å². The molecule has 94 valence electrons. The lowest BCUT2D eigenvalue weighted by Gasteiger charge is -2.17. The fraction of sp³-hybridized carbons (Fsp3) is 0.143. The lowest BCUT2D eigenvalue weighted by Crippen LogP contribution is -2.17. The van der Waals surface area contributed by atoms with Crippen LogP contribution in [0.3, 0.4) is 0 Å². The highest BCUT2D eigenvalue weighted by Crippen LogP contribution is 2.25. The Balaban J connectivity index is 2.42. The van der Waals surface area contributed by atoms with Gasteiger partial charge in [-0.2, -0.15) is 0 Å². The summed E-state index contributed by atoms with van der Waals surface area (Å²) in [5, 5.41) is 3.10. The van der Waals surface area contributed by atoms with Gasteiger partial charge in [0.1, 0.15) is 0 Å². The molecule has 0 amide bonds. The molecule has 2 rings (SSSR count). The minimum Gasteiger partial charge on any atom is -0.309 e. The lowest BCUT2D eigenvalue weighted by atomic mass is 9.99. The molecule has 0 bridgehead atoms. The molecule has 0 radical (unpaired) electrons. The molecular formula is C14H12BrF2N. The zero-order chi connectivity index (χ0) is 13.1. The van der Waals surface area contributed by atoms with Crippen molar-refractivity contribution in [2.75, 3.05) is 7.05 Å². The first-order valence-electron chi connectivity index (χ1n) is 5.49. The van der Waals surface area contributed by atoms with Crippen LogP contribution in [-0.2, 0) is 0 Å². The Morgan fingerprint density at radius 2 is 1.72 bits per heavy atom. The van der Waals surface area contributed by atoms with Gasteiger partial charge in [-0.3, -0.25) is 0 Å². The predicted molar refractivity (Wildman–Crippen MR) is 71.4 cm³/mol. The minimum atomic E-state index is -0.831. The average Bonchev–Trinajstić information content (AvgIpc) is 2.35. The Morgan fingerprint density at radius 1 is 1.00 bits per heavy atom. The van der Waals surface area contributed by atoms with Crippen molar-refractivity contribution in [2.45, 2.75) is 6.04 Å². The van der Waals surface area contributed by atoms with Crippen molar-refractivity contribution in [3.63, 3.8) is 0 Å². The van der Waals surface area contributed by atoms with Gasteiger partial charge in [0.15, 0.2) is 11.6 Å². The summed E-state index contributed by atoms with van der Waals surface area (Å²) in [5.41, 5.74) is 1.67. The van der Waals surface area contributed by atoms with Crippen LogP contribution in [0, 0.1) is 11.6 Å². The highest BCUT2D eigenvalue weighted by molar-refractivity contribution is 9.10. The molecule has 0 aliphatic heterocycles. The van der Waals surface area contributed by atoms with Gasteiger partial charge in [-0.15, -0.1) is 0 Å². The van der Waals surface area contributed by atoms with E-state index < -0.39 is 11.6 Å². The average molecular weight is 312 g/mol. The number of hydrogen-bond donors (Lipinski definition) is 1. The van der Waals surface area contributed by atoms with Crippen molar-refractivity contribution in [1.29, 1.82) is 0 Å². The van der Waals surface area contributed by atoms with Gasteiger partial charge in [-0.25, -0.2) is 8.78 Å². The summed E-state index contributed by atoms with van der Waals surface area (Å²) in [6.07, 6.45) is 0. The molecule has 18 heavy (non-hydrogen) atoms. The fourth-order valence-electron chi connectivity index (χ4n) is 1.90. The quantitative estimate of drug-likeness (QED) is 0.902. The molecule has 0 heterocycles. The molecule has 1 unspecified atom stereocenters. The van der Waals surface area contributed by atoms with E-state index in [9.17, 15) is 8.78 Å². The molecule has 0 spiro atoms. The SMILES string of the molecule is CNC(c1cccc(Br)c1)c1ccc(F)c(F)c1. The Kier molecular flexibility index (Phi) is 4.09. The number of nitrogens with one attached hydrogen (secondary N) is 1. The molecule has 2 aromatic rings. The van der Waals surface area contributed by atoms with Crippen molar-refractivity contribution in [3.05, 3.63) is 69.7 Å². The lowest BCUT2D eigenvalue weighted by molar-refractivity contribution is 0.505. The highest BCUT2D eigenvalue weighted by Gasteiger charge is 2.14. The summed E-state index contributed by atoms with van der Waals surface area (Å²) in [6, 6.07) is 11.5. The summed E-state index contributed by atoms with van der Waals surface area (Å²) in [6.45, 7) is 0. The summed E-state index contributed by atoms with van der Waals surface area (Å²) < 4.78 is 27.1. The maximum Gasteiger partial charge on any atom is 0.159 e. The molecule has 2 aromatic carbocycles. The Morgan fingerprint density at radius 3 is 2.33 bits per heavy atom. The van der Waals surface area contributed by atoms with E-state index in [1.54, 1.807) is 13.1 Å². The van der Waals surface area contributed by atoms with E-state index in [0.29, 0.717) is 5.56 Å². The first-order valence-corrected chi connectivity index (χ1v) is 6.29. The monoisotopic (exact) mass is 311 g/mol. The molecule has 0 aliphatic carbocycles. The molecule has 0 saturated carbocycles. The van der Waals surface area contributed by atoms with E-state index in [0.717, 1.165) is 16.1 Å². The van der Waals surface area contributed by atoms with Crippen LogP contribution >= 0.6 is 15.9 Å². The molecule has 1 nitrogen and oxygen atoms in total. The van der Waals surface area contributed by atoms with E-state index in [-0.39, 0.29) is 6.04 Å². The van der Waals surface area contributed by atoms with Crippen molar-refractivity contribution >= 4 is 15.9 Å². The normalized spacial score (nSPS) is 12.4. The van der Waals surface area contributed by atoms with Crippen LogP contribution in [0.1, 0.15) is 17.2 Å². The van der Waals surface area contributed by atoms with Crippen LogP contribution in [0.15, 0.2) is 46.9 Å². The molecule has 0 aliphatic rings. The van der Waals surface area contributed by atoms with Crippen LogP contribution in [0.2, 0.25) is 0 Å². The van der Waals surface area contributed by atoms with E-state index >= 15 is 0 Å². The number of benzene rings is 2. The van der Waals surface area contributed by atoms with Gasteiger partial charge in [0, 0.05) is 4.47 Å². The van der Waals surface area contributed by atoms with Gasteiger partial charge in [-0.05, 0) is 42.4 Å². The van der Waals surface area contributed by atoms with Crippen molar-refractivity contribution in [2.24, 2.45) is 0 Å². The van der Waals surface area contributed by atoms with Crippen LogP contribution in [0.4, 0.5) is 8.78 Å². The second kappa shape index (κ2) is 5.59. The van der Waals surface area contributed by atoms with Gasteiger partial charge in [0.25, 0.3) is 0 Å². The van der Waals surface area contributed by atoms with Crippen LogP contribution in [0.5, 0.6) is 0 Å². The third-order valence-electron chi connectivity index (χ3n) is 2.75. The van der Waals surface area contributed by atoms with E-state index in [2.05, 4.69) is 21.2 Å². The maximum absolute atomic E-state index is 13.3. The first kappa shape index (κ1) is 13.2. The highest BCUT2D eigenvalue weighted by atomic mass is 79.9. The predicted octanol–water partition coefficient (Wildman–Crippen LogP) is 4.04. The third-order valence-corrected chi connectivity index (χ3v) is 3.24. The molecule has 0 fully saturated rings. The largest absolute Gasteiger partial charge is 0.309 e. The van der Waals surface area contributed by atoms with Crippen LogP contribution in [0.25, 0.3) is 0 Å². The molecule has 4 heteroatoms. The zero-order valence-electron chi connectivity index (χ0n) is 9.75. The Labute approximate surface area is 113 Å².